The number of aliphatic hydroxyl groups excluding tert-OH is 1. The van der Waals surface area contributed by atoms with Crippen molar-refractivity contribution in [1.29, 1.82) is 0 Å². The van der Waals surface area contributed by atoms with Crippen LogP contribution in [0.4, 0.5) is 5.82 Å². The Morgan fingerprint density at radius 1 is 1.50 bits per heavy atom. The van der Waals surface area contributed by atoms with Gasteiger partial charge in [-0.2, -0.15) is 0 Å². The number of likely N-dealkylation sites (tertiary alicyclic amines) is 1. The van der Waals surface area contributed by atoms with Crippen LogP contribution in [-0.4, -0.2) is 47.7 Å². The topological polar surface area (TPSA) is 39.6 Å². The van der Waals surface area contributed by atoms with Gasteiger partial charge in [-0.3, -0.25) is 4.90 Å². The number of aromatic nitrogens is 1. The zero-order chi connectivity index (χ0) is 13.0. The Labute approximate surface area is 109 Å². The van der Waals surface area contributed by atoms with Gasteiger partial charge in [0.05, 0.1) is 12.3 Å². The fourth-order valence-electron chi connectivity index (χ4n) is 2.70. The van der Waals surface area contributed by atoms with Gasteiger partial charge in [-0.05, 0) is 38.1 Å². The second kappa shape index (κ2) is 6.16. The van der Waals surface area contributed by atoms with E-state index in [1.807, 2.05) is 18.2 Å². The molecule has 4 heteroatoms. The van der Waals surface area contributed by atoms with Gasteiger partial charge in [0, 0.05) is 19.6 Å². The highest BCUT2D eigenvalue weighted by molar-refractivity contribution is 5.38. The Morgan fingerprint density at radius 3 is 3.06 bits per heavy atom. The molecule has 0 radical (unpaired) electrons. The monoisotopic (exact) mass is 249 g/mol. The second-order valence-corrected chi connectivity index (χ2v) is 4.95. The van der Waals surface area contributed by atoms with Crippen LogP contribution in [0.2, 0.25) is 0 Å². The van der Waals surface area contributed by atoms with E-state index >= 15 is 0 Å². The largest absolute Gasteiger partial charge is 0.390 e. The first kappa shape index (κ1) is 13.3. The molecule has 0 amide bonds. The molecular formula is C14H23N3O. The molecule has 2 rings (SSSR count). The second-order valence-electron chi connectivity index (χ2n) is 4.95. The first-order valence-electron chi connectivity index (χ1n) is 6.76. The van der Waals surface area contributed by atoms with Crippen molar-refractivity contribution < 1.29 is 5.11 Å². The molecule has 0 aromatic carbocycles. The molecule has 4 nitrogen and oxygen atoms in total. The van der Waals surface area contributed by atoms with Crippen LogP contribution in [0.15, 0.2) is 18.2 Å². The van der Waals surface area contributed by atoms with Crippen molar-refractivity contribution in [3.63, 3.8) is 0 Å². The van der Waals surface area contributed by atoms with Crippen molar-refractivity contribution in [2.24, 2.45) is 0 Å². The molecule has 0 aliphatic carbocycles. The molecule has 1 N–H and O–H groups in total. The number of hydrogen-bond donors (Lipinski definition) is 1. The lowest BCUT2D eigenvalue weighted by Crippen LogP contribution is -2.39. The van der Waals surface area contributed by atoms with Gasteiger partial charge in [-0.1, -0.05) is 13.0 Å². The Kier molecular flexibility index (Phi) is 4.55. The van der Waals surface area contributed by atoms with Gasteiger partial charge in [0.1, 0.15) is 5.82 Å². The molecule has 0 spiro atoms. The van der Waals surface area contributed by atoms with Gasteiger partial charge in [-0.25, -0.2) is 4.98 Å². The van der Waals surface area contributed by atoms with Crippen molar-refractivity contribution >= 4 is 5.82 Å². The third kappa shape index (κ3) is 3.00. The van der Waals surface area contributed by atoms with Crippen molar-refractivity contribution in [1.82, 2.24) is 9.88 Å². The standard InChI is InChI=1S/C14H23N3O/c1-3-17-9-5-7-13(17)10-16(2)14-8-4-6-12(11-18)15-14/h4,6,8,13,18H,3,5,7,9-11H2,1-2H3. The minimum atomic E-state index is 0.00614. The molecule has 2 heterocycles. The fraction of sp³-hybridized carbons (Fsp3) is 0.643. The summed E-state index contributed by atoms with van der Waals surface area (Å²) in [5, 5.41) is 9.12. The molecule has 1 aliphatic heterocycles. The van der Waals surface area contributed by atoms with Crippen molar-refractivity contribution in [2.75, 3.05) is 31.6 Å². The molecule has 100 valence electrons. The van der Waals surface area contributed by atoms with Crippen LogP contribution < -0.4 is 4.90 Å². The van der Waals surface area contributed by atoms with Gasteiger partial charge in [-0.15, -0.1) is 0 Å². The molecule has 1 atom stereocenters. The quantitative estimate of drug-likeness (QED) is 0.858. The van der Waals surface area contributed by atoms with Crippen LogP contribution in [0.1, 0.15) is 25.5 Å². The number of rotatable bonds is 5. The number of nitrogens with zero attached hydrogens (tertiary/aromatic N) is 3. The van der Waals surface area contributed by atoms with Gasteiger partial charge in [0.15, 0.2) is 0 Å². The van der Waals surface area contributed by atoms with E-state index in [0.29, 0.717) is 6.04 Å². The number of aliphatic hydroxyl groups is 1. The van der Waals surface area contributed by atoms with Crippen LogP contribution in [0.25, 0.3) is 0 Å². The summed E-state index contributed by atoms with van der Waals surface area (Å²) >= 11 is 0. The predicted molar refractivity (Wildman–Crippen MR) is 73.7 cm³/mol. The normalized spacial score (nSPS) is 20.3. The first-order chi connectivity index (χ1) is 8.74. The SMILES string of the molecule is CCN1CCCC1CN(C)c1cccc(CO)n1. The van der Waals surface area contributed by atoms with Crippen LogP contribution in [0.5, 0.6) is 0 Å². The molecule has 1 fully saturated rings. The summed E-state index contributed by atoms with van der Waals surface area (Å²) in [6, 6.07) is 6.45. The minimum Gasteiger partial charge on any atom is -0.390 e. The van der Waals surface area contributed by atoms with Crippen LogP contribution in [0.3, 0.4) is 0 Å². The lowest BCUT2D eigenvalue weighted by molar-refractivity contribution is 0.269. The number of anilines is 1. The average molecular weight is 249 g/mol. The molecule has 18 heavy (non-hydrogen) atoms. The van der Waals surface area contributed by atoms with Gasteiger partial charge in [0.25, 0.3) is 0 Å². The first-order valence-corrected chi connectivity index (χ1v) is 6.76. The van der Waals surface area contributed by atoms with E-state index in [0.717, 1.165) is 24.6 Å². The smallest absolute Gasteiger partial charge is 0.128 e. The Hall–Kier alpha value is -1.13. The summed E-state index contributed by atoms with van der Waals surface area (Å²) < 4.78 is 0. The highest BCUT2D eigenvalue weighted by Gasteiger charge is 2.24. The van der Waals surface area contributed by atoms with Gasteiger partial charge in [0.2, 0.25) is 0 Å². The number of pyridine rings is 1. The third-order valence-corrected chi connectivity index (χ3v) is 3.74. The van der Waals surface area contributed by atoms with Crippen molar-refractivity contribution in [2.45, 2.75) is 32.4 Å². The molecule has 1 aliphatic rings. The van der Waals surface area contributed by atoms with Crippen molar-refractivity contribution in [3.05, 3.63) is 23.9 Å². The summed E-state index contributed by atoms with van der Waals surface area (Å²) in [7, 11) is 2.08. The van der Waals surface area contributed by atoms with Crippen LogP contribution >= 0.6 is 0 Å². The van der Waals surface area contributed by atoms with Gasteiger partial charge >= 0.3 is 0 Å². The van der Waals surface area contributed by atoms with E-state index in [-0.39, 0.29) is 6.61 Å². The molecule has 1 aromatic rings. The van der Waals surface area contributed by atoms with E-state index in [4.69, 9.17) is 5.11 Å². The Balaban J connectivity index is 2.00. The van der Waals surface area contributed by atoms with E-state index in [9.17, 15) is 0 Å². The average Bonchev–Trinajstić information content (AvgIpc) is 2.86. The molecule has 1 saturated heterocycles. The minimum absolute atomic E-state index is 0.00614. The summed E-state index contributed by atoms with van der Waals surface area (Å²) in [4.78, 5) is 9.17. The van der Waals surface area contributed by atoms with Gasteiger partial charge < -0.3 is 10.0 Å². The summed E-state index contributed by atoms with van der Waals surface area (Å²) in [6.07, 6.45) is 2.58. The number of likely N-dealkylation sites (N-methyl/N-ethyl adjacent to an activating group) is 2. The molecule has 0 saturated carbocycles. The highest BCUT2D eigenvalue weighted by Crippen LogP contribution is 2.19. The summed E-state index contributed by atoms with van der Waals surface area (Å²) in [5.74, 6) is 0.949. The van der Waals surface area contributed by atoms with Crippen molar-refractivity contribution in [3.8, 4) is 0 Å². The maximum absolute atomic E-state index is 9.12. The molecule has 1 aromatic heterocycles. The van der Waals surface area contributed by atoms with Crippen LogP contribution in [-0.2, 0) is 6.61 Å². The van der Waals surface area contributed by atoms with E-state index < -0.39 is 0 Å². The Morgan fingerprint density at radius 2 is 2.33 bits per heavy atom. The predicted octanol–water partition coefficient (Wildman–Crippen LogP) is 1.49. The third-order valence-electron chi connectivity index (χ3n) is 3.74. The molecule has 0 bridgehead atoms. The molecule has 1 unspecified atom stereocenters. The molecular weight excluding hydrogens is 226 g/mol. The maximum Gasteiger partial charge on any atom is 0.128 e. The van der Waals surface area contributed by atoms with Crippen LogP contribution in [0, 0.1) is 0 Å². The lowest BCUT2D eigenvalue weighted by Gasteiger charge is -2.28. The summed E-state index contributed by atoms with van der Waals surface area (Å²) in [5.41, 5.74) is 0.734. The highest BCUT2D eigenvalue weighted by atomic mass is 16.3. The zero-order valence-corrected chi connectivity index (χ0v) is 11.3. The lowest BCUT2D eigenvalue weighted by atomic mass is 10.2. The fourth-order valence-corrected chi connectivity index (χ4v) is 2.70. The Bertz CT molecular complexity index is 383. The summed E-state index contributed by atoms with van der Waals surface area (Å²) in [6.45, 7) is 5.59. The maximum atomic E-state index is 9.12. The van der Waals surface area contributed by atoms with E-state index in [2.05, 4.69) is 28.8 Å². The number of hydrogen-bond acceptors (Lipinski definition) is 4. The van der Waals surface area contributed by atoms with E-state index in [1.54, 1.807) is 0 Å². The zero-order valence-electron chi connectivity index (χ0n) is 11.3. The van der Waals surface area contributed by atoms with E-state index in [1.165, 1.54) is 19.4 Å².